The molecule has 0 saturated heterocycles. The number of aromatic amines is 1. The molecule has 20 heavy (non-hydrogen) atoms. The fourth-order valence-electron chi connectivity index (χ4n) is 1.87. The van der Waals surface area contributed by atoms with Crippen LogP contribution in [0.5, 0.6) is 0 Å². The number of aryl methyl sites for hydroxylation is 2. The third-order valence-electron chi connectivity index (χ3n) is 2.90. The van der Waals surface area contributed by atoms with E-state index < -0.39 is 0 Å². The minimum Gasteiger partial charge on any atom is -0.460 e. The van der Waals surface area contributed by atoms with Gasteiger partial charge in [0.05, 0.1) is 6.20 Å². The van der Waals surface area contributed by atoms with Gasteiger partial charge in [-0.05, 0) is 25.5 Å². The zero-order chi connectivity index (χ0) is 13.9. The summed E-state index contributed by atoms with van der Waals surface area (Å²) < 4.78 is 5.62. The highest BCUT2D eigenvalue weighted by molar-refractivity contribution is 7.15. The summed E-state index contributed by atoms with van der Waals surface area (Å²) in [5.41, 5.74) is 1.93. The summed E-state index contributed by atoms with van der Waals surface area (Å²) in [7, 11) is 0. The molecule has 0 aliphatic rings. The lowest BCUT2D eigenvalue weighted by atomic mass is 10.2. The third kappa shape index (κ3) is 2.57. The molecule has 0 saturated carbocycles. The van der Waals surface area contributed by atoms with Crippen LogP contribution in [0.2, 0.25) is 0 Å². The first-order valence-electron chi connectivity index (χ1n) is 6.41. The van der Waals surface area contributed by atoms with Crippen LogP contribution in [-0.4, -0.2) is 20.4 Å². The van der Waals surface area contributed by atoms with Crippen LogP contribution in [0.1, 0.15) is 23.3 Å². The molecule has 3 heterocycles. The van der Waals surface area contributed by atoms with Gasteiger partial charge in [0.1, 0.15) is 16.5 Å². The summed E-state index contributed by atoms with van der Waals surface area (Å²) in [4.78, 5) is 0. The van der Waals surface area contributed by atoms with E-state index in [4.69, 9.17) is 4.42 Å². The van der Waals surface area contributed by atoms with Crippen molar-refractivity contribution in [2.75, 3.05) is 5.32 Å². The van der Waals surface area contributed by atoms with E-state index >= 15 is 0 Å². The van der Waals surface area contributed by atoms with E-state index in [0.717, 1.165) is 39.3 Å². The molecular weight excluding hydrogens is 274 g/mol. The molecule has 3 aromatic heterocycles. The average Bonchev–Trinajstić information content (AvgIpc) is 3.16. The van der Waals surface area contributed by atoms with Gasteiger partial charge in [-0.1, -0.05) is 18.3 Å². The minimum atomic E-state index is 0.629. The van der Waals surface area contributed by atoms with Crippen molar-refractivity contribution in [1.29, 1.82) is 0 Å². The van der Waals surface area contributed by atoms with Crippen molar-refractivity contribution in [2.24, 2.45) is 0 Å². The Bertz CT molecular complexity index is 699. The number of rotatable bonds is 5. The third-order valence-corrected chi connectivity index (χ3v) is 3.93. The van der Waals surface area contributed by atoms with Crippen LogP contribution in [0.4, 0.5) is 5.13 Å². The topological polar surface area (TPSA) is 79.6 Å². The van der Waals surface area contributed by atoms with Gasteiger partial charge < -0.3 is 9.73 Å². The van der Waals surface area contributed by atoms with Gasteiger partial charge in [0.15, 0.2) is 5.76 Å². The predicted octanol–water partition coefficient (Wildman–Crippen LogP) is 3.00. The van der Waals surface area contributed by atoms with Crippen molar-refractivity contribution in [2.45, 2.75) is 26.8 Å². The number of anilines is 1. The minimum absolute atomic E-state index is 0.629. The van der Waals surface area contributed by atoms with E-state index in [9.17, 15) is 0 Å². The fourth-order valence-corrected chi connectivity index (χ4v) is 2.54. The lowest BCUT2D eigenvalue weighted by Gasteiger charge is -2.01. The molecule has 6 nitrogen and oxygen atoms in total. The van der Waals surface area contributed by atoms with Crippen molar-refractivity contribution in [3.8, 4) is 11.5 Å². The maximum Gasteiger partial charge on any atom is 0.205 e. The molecule has 0 aliphatic heterocycles. The number of nitrogens with zero attached hydrogens (tertiary/aromatic N) is 3. The Kier molecular flexibility index (Phi) is 3.51. The Morgan fingerprint density at radius 2 is 2.25 bits per heavy atom. The summed E-state index contributed by atoms with van der Waals surface area (Å²) in [6, 6.07) is 3.87. The highest BCUT2D eigenvalue weighted by Crippen LogP contribution is 2.24. The molecule has 0 aromatic carbocycles. The molecule has 0 amide bonds. The van der Waals surface area contributed by atoms with Gasteiger partial charge in [0.2, 0.25) is 5.13 Å². The van der Waals surface area contributed by atoms with Crippen LogP contribution in [-0.2, 0) is 13.0 Å². The Morgan fingerprint density at radius 1 is 1.35 bits per heavy atom. The lowest BCUT2D eigenvalue weighted by molar-refractivity contribution is 0.545. The van der Waals surface area contributed by atoms with Gasteiger partial charge >= 0.3 is 0 Å². The summed E-state index contributed by atoms with van der Waals surface area (Å²) in [6.07, 6.45) is 2.70. The van der Waals surface area contributed by atoms with Crippen molar-refractivity contribution < 1.29 is 4.42 Å². The van der Waals surface area contributed by atoms with E-state index in [1.54, 1.807) is 17.5 Å². The molecule has 0 spiro atoms. The molecule has 0 radical (unpaired) electrons. The summed E-state index contributed by atoms with van der Waals surface area (Å²) in [5, 5.41) is 20.3. The molecule has 104 valence electrons. The van der Waals surface area contributed by atoms with Gasteiger partial charge in [-0.25, -0.2) is 0 Å². The Balaban J connectivity index is 1.73. The van der Waals surface area contributed by atoms with Crippen LogP contribution >= 0.6 is 11.3 Å². The normalized spacial score (nSPS) is 10.9. The molecule has 2 N–H and O–H groups in total. The molecule has 0 aliphatic carbocycles. The molecule has 0 atom stereocenters. The first-order chi connectivity index (χ1) is 9.76. The van der Waals surface area contributed by atoms with Crippen molar-refractivity contribution in [3.63, 3.8) is 0 Å². The van der Waals surface area contributed by atoms with Gasteiger partial charge in [0.25, 0.3) is 0 Å². The predicted molar refractivity (Wildman–Crippen MR) is 77.6 cm³/mol. The van der Waals surface area contributed by atoms with Gasteiger partial charge in [-0.3, -0.25) is 5.10 Å². The number of furan rings is 1. The standard InChI is InChI=1S/C13H15N5OS/c1-3-11-16-18-13(20-11)14-6-9-7-15-17-12(9)10-5-4-8(2)19-10/h4-5,7H,3,6H2,1-2H3,(H,14,18)(H,15,17). The second kappa shape index (κ2) is 5.46. The SMILES string of the molecule is CCc1nnc(NCc2cn[nH]c2-c2ccc(C)o2)s1. The molecule has 7 heteroatoms. The maximum absolute atomic E-state index is 5.62. The monoisotopic (exact) mass is 289 g/mol. The van der Waals surface area contributed by atoms with Crippen molar-refractivity contribution >= 4 is 16.5 Å². The van der Waals surface area contributed by atoms with Crippen LogP contribution < -0.4 is 5.32 Å². The number of nitrogens with one attached hydrogen (secondary N) is 2. The Morgan fingerprint density at radius 3 is 2.95 bits per heavy atom. The number of hydrogen-bond donors (Lipinski definition) is 2. The number of hydrogen-bond acceptors (Lipinski definition) is 6. The Labute approximate surface area is 120 Å². The molecule has 0 fully saturated rings. The van der Waals surface area contributed by atoms with Crippen LogP contribution in [0.15, 0.2) is 22.7 Å². The van der Waals surface area contributed by atoms with E-state index in [0.29, 0.717) is 6.54 Å². The quantitative estimate of drug-likeness (QED) is 0.754. The van der Waals surface area contributed by atoms with E-state index in [2.05, 4.69) is 32.6 Å². The first kappa shape index (κ1) is 12.9. The Hall–Kier alpha value is -2.15. The van der Waals surface area contributed by atoms with Gasteiger partial charge in [0, 0.05) is 12.1 Å². The maximum atomic E-state index is 5.62. The van der Waals surface area contributed by atoms with Crippen LogP contribution in [0.25, 0.3) is 11.5 Å². The second-order valence-corrected chi connectivity index (χ2v) is 5.45. The highest BCUT2D eigenvalue weighted by atomic mass is 32.1. The van der Waals surface area contributed by atoms with Crippen molar-refractivity contribution in [3.05, 3.63) is 34.7 Å². The number of aromatic nitrogens is 4. The first-order valence-corrected chi connectivity index (χ1v) is 7.23. The van der Waals surface area contributed by atoms with E-state index in [1.807, 2.05) is 19.1 Å². The molecule has 0 bridgehead atoms. The van der Waals surface area contributed by atoms with Gasteiger partial charge in [-0.2, -0.15) is 5.10 Å². The number of H-pyrrole nitrogens is 1. The molecule has 3 rings (SSSR count). The molecular formula is C13H15N5OS. The smallest absolute Gasteiger partial charge is 0.205 e. The summed E-state index contributed by atoms with van der Waals surface area (Å²) in [5.74, 6) is 1.67. The van der Waals surface area contributed by atoms with Crippen LogP contribution in [0.3, 0.4) is 0 Å². The average molecular weight is 289 g/mol. The summed E-state index contributed by atoms with van der Waals surface area (Å²) >= 11 is 1.57. The highest BCUT2D eigenvalue weighted by Gasteiger charge is 2.11. The zero-order valence-electron chi connectivity index (χ0n) is 11.3. The lowest BCUT2D eigenvalue weighted by Crippen LogP contribution is -1.99. The molecule has 3 aromatic rings. The van der Waals surface area contributed by atoms with Crippen molar-refractivity contribution in [1.82, 2.24) is 20.4 Å². The fraction of sp³-hybridized carbons (Fsp3) is 0.308. The largest absolute Gasteiger partial charge is 0.460 e. The summed E-state index contributed by atoms with van der Waals surface area (Å²) in [6.45, 7) is 4.62. The van der Waals surface area contributed by atoms with Gasteiger partial charge in [-0.15, -0.1) is 10.2 Å². The molecule has 0 unspecified atom stereocenters. The van der Waals surface area contributed by atoms with E-state index in [-0.39, 0.29) is 0 Å². The van der Waals surface area contributed by atoms with Crippen LogP contribution in [0, 0.1) is 6.92 Å². The zero-order valence-corrected chi connectivity index (χ0v) is 12.1. The van der Waals surface area contributed by atoms with E-state index in [1.165, 1.54) is 0 Å². The second-order valence-electron chi connectivity index (χ2n) is 4.39.